The molecule has 1 aromatic rings. The Balaban J connectivity index is 2.53. The summed E-state index contributed by atoms with van der Waals surface area (Å²) in [5, 5.41) is 0.663. The van der Waals surface area contributed by atoms with E-state index >= 15 is 0 Å². The first-order valence-electron chi connectivity index (χ1n) is 10.8. The van der Waals surface area contributed by atoms with Crippen molar-refractivity contribution in [1.29, 1.82) is 0 Å². The number of esters is 2. The molecule has 0 unspecified atom stereocenters. The zero-order valence-corrected chi connectivity index (χ0v) is 19.4. The van der Waals surface area contributed by atoms with Gasteiger partial charge in [0.05, 0.1) is 11.6 Å². The lowest BCUT2D eigenvalue weighted by Gasteiger charge is -2.27. The average molecular weight is 445 g/mol. The van der Waals surface area contributed by atoms with Gasteiger partial charge in [0.25, 0.3) is 0 Å². The Bertz CT molecular complexity index is 642. The van der Waals surface area contributed by atoms with Crippen LogP contribution in [-0.4, -0.2) is 18.5 Å². The molecule has 0 radical (unpaired) electrons. The Morgan fingerprint density at radius 1 is 0.862 bits per heavy atom. The molecule has 0 N–H and O–H groups in total. The number of carbonyl (C=O) groups excluding carboxylic acids is 2. The largest absolute Gasteiger partial charge is 0.465 e. The molecule has 0 aromatic heterocycles. The molecule has 0 saturated heterocycles. The number of hydrogen-bond donors (Lipinski definition) is 0. The van der Waals surface area contributed by atoms with E-state index in [1.165, 1.54) is 44.2 Å². The minimum absolute atomic E-state index is 0.184. The minimum atomic E-state index is -1.33. The summed E-state index contributed by atoms with van der Waals surface area (Å²) >= 11 is 12.0. The summed E-state index contributed by atoms with van der Waals surface area (Å²) in [5.74, 6) is -0.989. The first-order valence-corrected chi connectivity index (χ1v) is 11.5. The van der Waals surface area contributed by atoms with Crippen molar-refractivity contribution in [3.8, 4) is 5.75 Å². The second kappa shape index (κ2) is 13.9. The lowest BCUT2D eigenvalue weighted by Crippen LogP contribution is -2.42. The Hall–Kier alpha value is -1.26. The Morgan fingerprint density at radius 2 is 1.45 bits per heavy atom. The van der Waals surface area contributed by atoms with Crippen LogP contribution in [0.5, 0.6) is 5.75 Å². The molecule has 0 bridgehead atoms. The number of benzene rings is 1. The zero-order chi connectivity index (χ0) is 21.7. The summed E-state index contributed by atoms with van der Waals surface area (Å²) in [7, 11) is 0. The number of unbranched alkanes of at least 4 members (excludes halogenated alkanes) is 7. The van der Waals surface area contributed by atoms with Gasteiger partial charge in [-0.05, 0) is 37.5 Å². The van der Waals surface area contributed by atoms with Crippen LogP contribution in [0.3, 0.4) is 0 Å². The van der Waals surface area contributed by atoms with E-state index < -0.39 is 17.4 Å². The molecular weight excluding hydrogens is 411 g/mol. The van der Waals surface area contributed by atoms with Gasteiger partial charge < -0.3 is 9.47 Å². The predicted molar refractivity (Wildman–Crippen MR) is 119 cm³/mol. The van der Waals surface area contributed by atoms with E-state index in [-0.39, 0.29) is 10.8 Å². The van der Waals surface area contributed by atoms with Crippen LogP contribution in [0.15, 0.2) is 18.2 Å². The molecule has 0 aliphatic rings. The van der Waals surface area contributed by atoms with Crippen molar-refractivity contribution < 1.29 is 19.1 Å². The van der Waals surface area contributed by atoms with E-state index in [4.69, 9.17) is 32.7 Å². The molecule has 0 heterocycles. The summed E-state index contributed by atoms with van der Waals surface area (Å²) in [6, 6.07) is 4.59. The third-order valence-electron chi connectivity index (χ3n) is 5.32. The average Bonchev–Trinajstić information content (AvgIpc) is 2.70. The molecule has 0 aliphatic carbocycles. The van der Waals surface area contributed by atoms with Crippen LogP contribution in [0, 0.1) is 5.41 Å². The van der Waals surface area contributed by atoms with Gasteiger partial charge in [0.2, 0.25) is 0 Å². The maximum absolute atomic E-state index is 12.8. The number of carbonyl (C=O) groups is 2. The Labute approximate surface area is 185 Å². The number of rotatable bonds is 14. The van der Waals surface area contributed by atoms with Crippen LogP contribution in [0.1, 0.15) is 85.0 Å². The van der Waals surface area contributed by atoms with Crippen LogP contribution < -0.4 is 4.74 Å². The Morgan fingerprint density at radius 3 is 2.00 bits per heavy atom. The fourth-order valence-electron chi connectivity index (χ4n) is 3.21. The number of hydrogen-bond acceptors (Lipinski definition) is 4. The highest BCUT2D eigenvalue weighted by Crippen LogP contribution is 2.34. The maximum Gasteiger partial charge on any atom is 0.328 e. The van der Waals surface area contributed by atoms with Gasteiger partial charge in [-0.25, -0.2) is 0 Å². The second-order valence-electron chi connectivity index (χ2n) is 7.36. The van der Waals surface area contributed by atoms with E-state index in [9.17, 15) is 9.59 Å². The molecule has 1 aromatic carbocycles. The SMILES string of the molecule is CCCCCCCCCCOC(=O)C(CC)(CC)C(=O)Oc1ccc(Cl)cc1Cl. The normalized spacial score (nSPS) is 11.3. The first kappa shape index (κ1) is 25.8. The summed E-state index contributed by atoms with van der Waals surface area (Å²) in [6.07, 6.45) is 9.89. The van der Waals surface area contributed by atoms with E-state index in [2.05, 4.69) is 6.92 Å². The fraction of sp³-hybridized carbons (Fsp3) is 0.652. The maximum atomic E-state index is 12.8. The summed E-state index contributed by atoms with van der Waals surface area (Å²) in [5.41, 5.74) is -1.33. The third-order valence-corrected chi connectivity index (χ3v) is 5.85. The van der Waals surface area contributed by atoms with Gasteiger partial charge in [0.15, 0.2) is 5.41 Å². The predicted octanol–water partition coefficient (Wildman–Crippen LogP) is 7.39. The van der Waals surface area contributed by atoms with Gasteiger partial charge in [0, 0.05) is 5.02 Å². The van der Waals surface area contributed by atoms with Gasteiger partial charge >= 0.3 is 11.9 Å². The highest BCUT2D eigenvalue weighted by atomic mass is 35.5. The van der Waals surface area contributed by atoms with Crippen LogP contribution in [0.25, 0.3) is 0 Å². The van der Waals surface area contributed by atoms with Crippen molar-refractivity contribution in [3.05, 3.63) is 28.2 Å². The van der Waals surface area contributed by atoms with Gasteiger partial charge in [-0.1, -0.05) is 88.9 Å². The van der Waals surface area contributed by atoms with Crippen molar-refractivity contribution in [2.75, 3.05) is 6.61 Å². The topological polar surface area (TPSA) is 52.6 Å². The summed E-state index contributed by atoms with van der Waals surface area (Å²) < 4.78 is 10.9. The van der Waals surface area contributed by atoms with Crippen molar-refractivity contribution >= 4 is 35.1 Å². The molecular formula is C23H34Cl2O4. The molecule has 0 atom stereocenters. The van der Waals surface area contributed by atoms with Gasteiger partial charge in [-0.2, -0.15) is 0 Å². The van der Waals surface area contributed by atoms with E-state index in [1.807, 2.05) is 0 Å². The molecule has 6 heteroatoms. The Kier molecular flexibility index (Phi) is 12.3. The number of ether oxygens (including phenoxy) is 2. The number of halogens is 2. The van der Waals surface area contributed by atoms with Crippen molar-refractivity contribution in [2.24, 2.45) is 5.41 Å². The van der Waals surface area contributed by atoms with Crippen LogP contribution in [-0.2, 0) is 14.3 Å². The highest BCUT2D eigenvalue weighted by molar-refractivity contribution is 6.35. The van der Waals surface area contributed by atoms with Crippen molar-refractivity contribution in [2.45, 2.75) is 85.0 Å². The quantitative estimate of drug-likeness (QED) is 0.130. The second-order valence-corrected chi connectivity index (χ2v) is 8.21. The van der Waals surface area contributed by atoms with E-state index in [0.29, 0.717) is 24.5 Å². The van der Waals surface area contributed by atoms with Crippen LogP contribution in [0.4, 0.5) is 0 Å². The molecule has 0 aliphatic heterocycles. The van der Waals surface area contributed by atoms with Gasteiger partial charge in [-0.3, -0.25) is 9.59 Å². The molecule has 164 valence electrons. The molecule has 0 fully saturated rings. The standard InChI is InChI=1S/C23H34Cl2O4/c1-4-7-8-9-10-11-12-13-16-28-21(26)23(5-2,6-3)22(27)29-20-15-14-18(24)17-19(20)25/h14-15,17H,4-13,16H2,1-3H3. The fourth-order valence-corrected chi connectivity index (χ4v) is 3.65. The van der Waals surface area contributed by atoms with Gasteiger partial charge in [-0.15, -0.1) is 0 Å². The monoisotopic (exact) mass is 444 g/mol. The highest BCUT2D eigenvalue weighted by Gasteiger charge is 2.46. The smallest absolute Gasteiger partial charge is 0.328 e. The van der Waals surface area contributed by atoms with E-state index in [1.54, 1.807) is 19.9 Å². The third kappa shape index (κ3) is 8.18. The van der Waals surface area contributed by atoms with Gasteiger partial charge in [0.1, 0.15) is 5.75 Å². The van der Waals surface area contributed by atoms with E-state index in [0.717, 1.165) is 19.3 Å². The summed E-state index contributed by atoms with van der Waals surface area (Å²) in [4.78, 5) is 25.5. The summed E-state index contributed by atoms with van der Waals surface area (Å²) in [6.45, 7) is 6.10. The van der Waals surface area contributed by atoms with Crippen LogP contribution in [0.2, 0.25) is 10.0 Å². The molecule has 0 spiro atoms. The molecule has 0 saturated carbocycles. The molecule has 1 rings (SSSR count). The molecule has 0 amide bonds. The lowest BCUT2D eigenvalue weighted by atomic mass is 9.82. The molecule has 4 nitrogen and oxygen atoms in total. The molecule has 29 heavy (non-hydrogen) atoms. The first-order chi connectivity index (χ1) is 13.9. The lowest BCUT2D eigenvalue weighted by molar-refractivity contribution is -0.168. The van der Waals surface area contributed by atoms with Crippen molar-refractivity contribution in [3.63, 3.8) is 0 Å². The minimum Gasteiger partial charge on any atom is -0.465 e. The van der Waals surface area contributed by atoms with Crippen molar-refractivity contribution in [1.82, 2.24) is 0 Å². The zero-order valence-electron chi connectivity index (χ0n) is 17.9. The van der Waals surface area contributed by atoms with Crippen LogP contribution >= 0.6 is 23.2 Å².